The molecule has 0 saturated heterocycles. The standard InChI is InChI=1S/3C6H7N.3C4H10/c1-6-2-4-7-5-3-6;1-6-3-2-4-7-5-6;1-6-4-2-3-5-7-6;3*1-4(2)3/h3*2-5H,1H3;3*4H,1-3H3. The molecule has 3 heteroatoms. The van der Waals surface area contributed by atoms with E-state index in [-0.39, 0.29) is 0 Å². The zero-order chi connectivity index (χ0) is 26.1. The zero-order valence-electron chi connectivity index (χ0n) is 23.5. The molecule has 3 heterocycles. The maximum Gasteiger partial charge on any atom is 0.0372 e. The summed E-state index contributed by atoms with van der Waals surface area (Å²) in [6.45, 7) is 25.5. The molecule has 0 radical (unpaired) electrons. The second-order valence-corrected chi connectivity index (χ2v) is 9.72. The van der Waals surface area contributed by atoms with E-state index in [1.807, 2.05) is 69.4 Å². The molecule has 0 bridgehead atoms. The summed E-state index contributed by atoms with van der Waals surface area (Å²) in [5.74, 6) is 2.50. The molecule has 0 atom stereocenters. The molecule has 3 aromatic heterocycles. The molecule has 0 amide bonds. The third-order valence-corrected chi connectivity index (χ3v) is 2.47. The van der Waals surface area contributed by atoms with Gasteiger partial charge in [0.2, 0.25) is 0 Å². The van der Waals surface area contributed by atoms with Gasteiger partial charge in [-0.15, -0.1) is 0 Å². The molecule has 0 fully saturated rings. The Balaban J connectivity index is -0.000000335. The molecule has 0 aromatic carbocycles. The minimum Gasteiger partial charge on any atom is -0.265 e. The summed E-state index contributed by atoms with van der Waals surface area (Å²) in [4.78, 5) is 11.7. The third-order valence-electron chi connectivity index (χ3n) is 2.47. The topological polar surface area (TPSA) is 38.7 Å². The quantitative estimate of drug-likeness (QED) is 0.340. The lowest BCUT2D eigenvalue weighted by atomic mass is 10.3. The van der Waals surface area contributed by atoms with E-state index in [0.717, 1.165) is 23.4 Å². The number of aryl methyl sites for hydroxylation is 3. The van der Waals surface area contributed by atoms with E-state index in [2.05, 4.69) is 77.3 Å². The Hall–Kier alpha value is -2.55. The average Bonchev–Trinajstić information content (AvgIpc) is 2.69. The molecular formula is C30H51N3. The first-order valence-corrected chi connectivity index (χ1v) is 12.0. The molecule has 33 heavy (non-hydrogen) atoms. The lowest BCUT2D eigenvalue weighted by Crippen LogP contribution is -1.72. The Labute approximate surface area is 206 Å². The number of hydrogen-bond acceptors (Lipinski definition) is 3. The summed E-state index contributed by atoms with van der Waals surface area (Å²) in [6, 6.07) is 13.7. The molecule has 3 nitrogen and oxygen atoms in total. The molecule has 0 unspecified atom stereocenters. The van der Waals surface area contributed by atoms with Crippen molar-refractivity contribution in [3.05, 3.63) is 90.3 Å². The van der Waals surface area contributed by atoms with Crippen LogP contribution in [0.4, 0.5) is 0 Å². The molecule has 0 spiro atoms. The largest absolute Gasteiger partial charge is 0.265 e. The predicted molar refractivity (Wildman–Crippen MR) is 148 cm³/mol. The fraction of sp³-hybridized carbons (Fsp3) is 0.500. The fourth-order valence-electron chi connectivity index (χ4n) is 1.32. The van der Waals surface area contributed by atoms with Crippen LogP contribution in [0.5, 0.6) is 0 Å². The van der Waals surface area contributed by atoms with E-state index >= 15 is 0 Å². The average molecular weight is 454 g/mol. The highest BCUT2D eigenvalue weighted by Gasteiger charge is 1.74. The minimum atomic E-state index is 0.833. The summed E-state index contributed by atoms with van der Waals surface area (Å²) >= 11 is 0. The molecular weight excluding hydrogens is 402 g/mol. The van der Waals surface area contributed by atoms with Crippen LogP contribution in [0.15, 0.2) is 73.4 Å². The van der Waals surface area contributed by atoms with Gasteiger partial charge in [-0.1, -0.05) is 74.4 Å². The first kappa shape index (κ1) is 35.0. The molecule has 0 saturated carbocycles. The van der Waals surface area contributed by atoms with Crippen LogP contribution in [-0.4, -0.2) is 15.0 Å². The predicted octanol–water partition coefficient (Wildman–Crippen LogP) is 9.16. The molecule has 0 aliphatic carbocycles. The van der Waals surface area contributed by atoms with Gasteiger partial charge < -0.3 is 0 Å². The van der Waals surface area contributed by atoms with E-state index in [9.17, 15) is 0 Å². The van der Waals surface area contributed by atoms with E-state index in [1.165, 1.54) is 11.1 Å². The van der Waals surface area contributed by atoms with Crippen molar-refractivity contribution in [1.82, 2.24) is 15.0 Å². The first-order chi connectivity index (χ1) is 15.4. The maximum atomic E-state index is 3.98. The van der Waals surface area contributed by atoms with Gasteiger partial charge in [0.25, 0.3) is 0 Å². The summed E-state index contributed by atoms with van der Waals surface area (Å²) in [7, 11) is 0. The Kier molecular flexibility index (Phi) is 27.3. The van der Waals surface area contributed by atoms with Crippen molar-refractivity contribution in [2.45, 2.75) is 83.1 Å². The van der Waals surface area contributed by atoms with Gasteiger partial charge in [-0.25, -0.2) is 0 Å². The zero-order valence-corrected chi connectivity index (χ0v) is 23.5. The van der Waals surface area contributed by atoms with Crippen LogP contribution in [0.3, 0.4) is 0 Å². The van der Waals surface area contributed by atoms with E-state index in [4.69, 9.17) is 0 Å². The summed E-state index contributed by atoms with van der Waals surface area (Å²) < 4.78 is 0. The van der Waals surface area contributed by atoms with Crippen LogP contribution < -0.4 is 0 Å². The number of aromatic nitrogens is 3. The van der Waals surface area contributed by atoms with Crippen molar-refractivity contribution >= 4 is 0 Å². The van der Waals surface area contributed by atoms with Crippen LogP contribution in [0, 0.1) is 38.5 Å². The lowest BCUT2D eigenvalue weighted by Gasteiger charge is -1.82. The second kappa shape index (κ2) is 25.7. The van der Waals surface area contributed by atoms with E-state index in [0.29, 0.717) is 0 Å². The summed E-state index contributed by atoms with van der Waals surface area (Å²) in [5.41, 5.74) is 3.54. The molecule has 0 aliphatic heterocycles. The highest BCUT2D eigenvalue weighted by atomic mass is 14.6. The lowest BCUT2D eigenvalue weighted by molar-refractivity contribution is 0.736. The number of pyridine rings is 3. The van der Waals surface area contributed by atoms with Crippen molar-refractivity contribution in [3.63, 3.8) is 0 Å². The summed E-state index contributed by atoms with van der Waals surface area (Å²) in [6.07, 6.45) is 8.97. The van der Waals surface area contributed by atoms with Gasteiger partial charge in [0.05, 0.1) is 0 Å². The highest BCUT2D eigenvalue weighted by Crippen LogP contribution is 1.89. The number of nitrogens with zero attached hydrogens (tertiary/aromatic N) is 3. The number of rotatable bonds is 0. The monoisotopic (exact) mass is 453 g/mol. The second-order valence-electron chi connectivity index (χ2n) is 9.72. The highest BCUT2D eigenvalue weighted by molar-refractivity contribution is 5.06. The third kappa shape index (κ3) is 48.2. The molecule has 0 aliphatic rings. The van der Waals surface area contributed by atoms with Crippen LogP contribution in [0.1, 0.15) is 79.1 Å². The first-order valence-electron chi connectivity index (χ1n) is 12.0. The fourth-order valence-corrected chi connectivity index (χ4v) is 1.32. The molecule has 3 rings (SSSR count). The van der Waals surface area contributed by atoms with Gasteiger partial charge in [0.1, 0.15) is 0 Å². The Bertz CT molecular complexity index is 598. The van der Waals surface area contributed by atoms with Crippen molar-refractivity contribution in [2.75, 3.05) is 0 Å². The Morgan fingerprint density at radius 3 is 1.15 bits per heavy atom. The van der Waals surface area contributed by atoms with Gasteiger partial charge in [-0.3, -0.25) is 15.0 Å². The Morgan fingerprint density at radius 1 is 0.485 bits per heavy atom. The van der Waals surface area contributed by atoms with Crippen LogP contribution in [0.25, 0.3) is 0 Å². The van der Waals surface area contributed by atoms with Gasteiger partial charge in [0.15, 0.2) is 0 Å². The Morgan fingerprint density at radius 2 is 0.970 bits per heavy atom. The van der Waals surface area contributed by atoms with Crippen molar-refractivity contribution in [2.24, 2.45) is 17.8 Å². The smallest absolute Gasteiger partial charge is 0.0372 e. The van der Waals surface area contributed by atoms with Crippen molar-refractivity contribution in [1.29, 1.82) is 0 Å². The minimum absolute atomic E-state index is 0.833. The van der Waals surface area contributed by atoms with E-state index < -0.39 is 0 Å². The van der Waals surface area contributed by atoms with Gasteiger partial charge >= 0.3 is 0 Å². The van der Waals surface area contributed by atoms with Crippen molar-refractivity contribution < 1.29 is 0 Å². The summed E-state index contributed by atoms with van der Waals surface area (Å²) in [5, 5.41) is 0. The SMILES string of the molecule is CC(C)C.CC(C)C.CC(C)C.Cc1ccccn1.Cc1cccnc1.Cc1ccncc1. The molecule has 3 aromatic rings. The molecule has 186 valence electrons. The van der Waals surface area contributed by atoms with E-state index in [1.54, 1.807) is 24.8 Å². The maximum absolute atomic E-state index is 3.98. The normalized spacial score (nSPS) is 8.82. The van der Waals surface area contributed by atoms with Gasteiger partial charge in [0, 0.05) is 36.7 Å². The van der Waals surface area contributed by atoms with Crippen LogP contribution >= 0.6 is 0 Å². The number of hydrogen-bond donors (Lipinski definition) is 0. The van der Waals surface area contributed by atoms with Gasteiger partial charge in [-0.2, -0.15) is 0 Å². The van der Waals surface area contributed by atoms with Crippen molar-refractivity contribution in [3.8, 4) is 0 Å². The van der Waals surface area contributed by atoms with Gasteiger partial charge in [-0.05, 0) is 80.0 Å². The van der Waals surface area contributed by atoms with Crippen LogP contribution in [-0.2, 0) is 0 Å². The molecule has 0 N–H and O–H groups in total. The van der Waals surface area contributed by atoms with Crippen LogP contribution in [0.2, 0.25) is 0 Å².